The number of aliphatic hydroxyl groups is 4. The Morgan fingerprint density at radius 3 is 2.29 bits per heavy atom. The van der Waals surface area contributed by atoms with Crippen molar-refractivity contribution in [3.05, 3.63) is 29.8 Å². The van der Waals surface area contributed by atoms with E-state index in [1.165, 1.54) is 24.3 Å². The van der Waals surface area contributed by atoms with Crippen LogP contribution in [0.1, 0.15) is 10.4 Å². The lowest BCUT2D eigenvalue weighted by Gasteiger charge is -2.37. The number of esters is 1. The van der Waals surface area contributed by atoms with E-state index in [0.29, 0.717) is 0 Å². The summed E-state index contributed by atoms with van der Waals surface area (Å²) >= 11 is 0. The van der Waals surface area contributed by atoms with Crippen molar-refractivity contribution in [3.63, 3.8) is 0 Å². The van der Waals surface area contributed by atoms with Crippen LogP contribution in [-0.4, -0.2) is 68.8 Å². The van der Waals surface area contributed by atoms with Crippen molar-refractivity contribution in [1.82, 2.24) is 0 Å². The lowest BCUT2D eigenvalue weighted by atomic mass is 9.99. The smallest absolute Gasteiger partial charge is 0.338 e. The van der Waals surface area contributed by atoms with Gasteiger partial charge in [0.05, 0.1) is 5.56 Å². The largest absolute Gasteiger partial charge is 0.508 e. The zero-order valence-electron chi connectivity index (χ0n) is 10.9. The van der Waals surface area contributed by atoms with Gasteiger partial charge in [0.2, 0.25) is 0 Å². The lowest BCUT2D eigenvalue weighted by Crippen LogP contribution is -2.58. The van der Waals surface area contributed by atoms with Crippen LogP contribution in [0.15, 0.2) is 24.3 Å². The quantitative estimate of drug-likeness (QED) is 0.419. The van der Waals surface area contributed by atoms with E-state index < -0.39 is 43.3 Å². The van der Waals surface area contributed by atoms with Crippen LogP contribution in [0.5, 0.6) is 5.75 Å². The predicted octanol–water partition coefficient (Wildman–Crippen LogP) is -1.65. The predicted molar refractivity (Wildman–Crippen MR) is 67.3 cm³/mol. The summed E-state index contributed by atoms with van der Waals surface area (Å²) in [6, 6.07) is 5.32. The van der Waals surface area contributed by atoms with E-state index in [1.807, 2.05) is 0 Å². The molecule has 0 spiro atoms. The first-order valence-corrected chi connectivity index (χ1v) is 6.24. The Labute approximate surface area is 119 Å². The fourth-order valence-electron chi connectivity index (χ4n) is 1.91. The minimum Gasteiger partial charge on any atom is -0.508 e. The molecule has 0 aliphatic carbocycles. The fraction of sp³-hybridized carbons (Fsp3) is 0.462. The molecule has 0 unspecified atom stereocenters. The monoisotopic (exact) mass is 300 g/mol. The van der Waals surface area contributed by atoms with Crippen molar-refractivity contribution in [3.8, 4) is 5.75 Å². The number of aliphatic hydroxyl groups excluding tert-OH is 4. The minimum absolute atomic E-state index is 0.00202. The Bertz CT molecular complexity index is 487. The van der Waals surface area contributed by atoms with Gasteiger partial charge in [-0.3, -0.25) is 0 Å². The molecular weight excluding hydrogens is 284 g/mol. The van der Waals surface area contributed by atoms with Gasteiger partial charge in [0.15, 0.2) is 6.29 Å². The van der Waals surface area contributed by atoms with E-state index in [1.54, 1.807) is 0 Å². The molecule has 5 N–H and O–H groups in total. The molecule has 21 heavy (non-hydrogen) atoms. The average molecular weight is 300 g/mol. The topological polar surface area (TPSA) is 137 Å². The van der Waals surface area contributed by atoms with E-state index in [-0.39, 0.29) is 11.3 Å². The second-order valence-electron chi connectivity index (χ2n) is 4.68. The Kier molecular flexibility index (Phi) is 4.76. The first kappa shape index (κ1) is 15.7. The number of phenolic OH excluding ortho intramolecular Hbond substituents is 1. The van der Waals surface area contributed by atoms with Crippen molar-refractivity contribution < 1.29 is 39.8 Å². The van der Waals surface area contributed by atoms with Crippen LogP contribution in [0.4, 0.5) is 0 Å². The SMILES string of the molecule is O=C(OC[C@H]1O[C@@H](O)[C@H](O)[C@@H](O)[C@H]1O)c1ccc(O)cc1. The number of benzene rings is 1. The minimum atomic E-state index is -1.68. The van der Waals surface area contributed by atoms with Crippen molar-refractivity contribution >= 4 is 5.97 Å². The molecule has 0 amide bonds. The van der Waals surface area contributed by atoms with Gasteiger partial charge in [-0.05, 0) is 24.3 Å². The Morgan fingerprint density at radius 2 is 1.67 bits per heavy atom. The Hall–Kier alpha value is -1.71. The molecule has 8 heteroatoms. The number of phenols is 1. The van der Waals surface area contributed by atoms with Crippen LogP contribution in [0, 0.1) is 0 Å². The molecule has 116 valence electrons. The first-order chi connectivity index (χ1) is 9.90. The van der Waals surface area contributed by atoms with Crippen LogP contribution in [0.25, 0.3) is 0 Å². The zero-order valence-corrected chi connectivity index (χ0v) is 10.9. The molecular formula is C13H16O8. The maximum absolute atomic E-state index is 11.7. The van der Waals surface area contributed by atoms with Crippen LogP contribution < -0.4 is 0 Å². The van der Waals surface area contributed by atoms with Crippen LogP contribution in [0.3, 0.4) is 0 Å². The summed E-state index contributed by atoms with van der Waals surface area (Å²) in [4.78, 5) is 11.7. The number of carbonyl (C=O) groups is 1. The zero-order chi connectivity index (χ0) is 15.6. The summed E-state index contributed by atoms with van der Waals surface area (Å²) < 4.78 is 9.77. The van der Waals surface area contributed by atoms with Gasteiger partial charge in [-0.25, -0.2) is 4.79 Å². The van der Waals surface area contributed by atoms with Crippen molar-refractivity contribution in [1.29, 1.82) is 0 Å². The summed E-state index contributed by atoms with van der Waals surface area (Å²) in [7, 11) is 0. The van der Waals surface area contributed by atoms with E-state index in [4.69, 9.17) is 14.6 Å². The highest BCUT2D eigenvalue weighted by Crippen LogP contribution is 2.20. The third-order valence-corrected chi connectivity index (χ3v) is 3.17. The second-order valence-corrected chi connectivity index (χ2v) is 4.68. The molecule has 1 saturated heterocycles. The maximum Gasteiger partial charge on any atom is 0.338 e. The molecule has 1 fully saturated rings. The standard InChI is InChI=1S/C13H16O8/c14-7-3-1-6(2-4-7)12(18)20-5-8-9(15)10(16)11(17)13(19)21-8/h1-4,8-11,13-17,19H,5H2/t8-,9+,10+,11-,13-/m1/s1. The number of carbonyl (C=O) groups excluding carboxylic acids is 1. The molecule has 0 radical (unpaired) electrons. The molecule has 8 nitrogen and oxygen atoms in total. The molecule has 0 aromatic heterocycles. The van der Waals surface area contributed by atoms with E-state index in [9.17, 15) is 25.2 Å². The van der Waals surface area contributed by atoms with Crippen LogP contribution in [0.2, 0.25) is 0 Å². The van der Waals surface area contributed by atoms with Gasteiger partial charge in [0.1, 0.15) is 36.8 Å². The molecule has 1 aliphatic heterocycles. The normalized spacial score (nSPS) is 32.7. The van der Waals surface area contributed by atoms with Crippen molar-refractivity contribution in [2.45, 2.75) is 30.7 Å². The first-order valence-electron chi connectivity index (χ1n) is 6.24. The average Bonchev–Trinajstić information content (AvgIpc) is 2.48. The van der Waals surface area contributed by atoms with E-state index in [2.05, 4.69) is 0 Å². The highest BCUT2D eigenvalue weighted by Gasteiger charge is 2.43. The molecule has 1 aromatic rings. The summed E-state index contributed by atoms with van der Waals surface area (Å²) in [5.41, 5.74) is 0.180. The highest BCUT2D eigenvalue weighted by molar-refractivity contribution is 5.89. The number of rotatable bonds is 3. The Balaban J connectivity index is 1.93. The van der Waals surface area contributed by atoms with Gasteiger partial charge in [-0.2, -0.15) is 0 Å². The molecule has 0 saturated carbocycles. The summed E-state index contributed by atoms with van der Waals surface area (Å²) in [6.45, 7) is -0.415. The molecule has 0 bridgehead atoms. The summed E-state index contributed by atoms with van der Waals surface area (Å²) in [5.74, 6) is -0.723. The molecule has 1 heterocycles. The number of aromatic hydroxyl groups is 1. The van der Waals surface area contributed by atoms with Crippen LogP contribution >= 0.6 is 0 Å². The third kappa shape index (κ3) is 3.49. The number of ether oxygens (including phenoxy) is 2. The summed E-state index contributed by atoms with van der Waals surface area (Å²) in [5, 5.41) is 46.9. The van der Waals surface area contributed by atoms with Gasteiger partial charge in [0, 0.05) is 0 Å². The number of hydrogen-bond acceptors (Lipinski definition) is 8. The molecule has 1 aliphatic rings. The second kappa shape index (κ2) is 6.37. The van der Waals surface area contributed by atoms with Gasteiger partial charge in [-0.1, -0.05) is 0 Å². The maximum atomic E-state index is 11.7. The highest BCUT2D eigenvalue weighted by atomic mass is 16.6. The van der Waals surface area contributed by atoms with E-state index in [0.717, 1.165) is 0 Å². The lowest BCUT2D eigenvalue weighted by molar-refractivity contribution is -0.286. The van der Waals surface area contributed by atoms with Gasteiger partial charge in [-0.15, -0.1) is 0 Å². The number of hydrogen-bond donors (Lipinski definition) is 5. The fourth-order valence-corrected chi connectivity index (χ4v) is 1.91. The molecule has 1 aromatic carbocycles. The van der Waals surface area contributed by atoms with Crippen molar-refractivity contribution in [2.75, 3.05) is 6.61 Å². The van der Waals surface area contributed by atoms with Gasteiger partial charge in [0.25, 0.3) is 0 Å². The molecule has 5 atom stereocenters. The summed E-state index contributed by atoms with van der Waals surface area (Å²) in [6.07, 6.45) is -7.59. The van der Waals surface area contributed by atoms with Crippen molar-refractivity contribution in [2.24, 2.45) is 0 Å². The van der Waals surface area contributed by atoms with E-state index >= 15 is 0 Å². The van der Waals surface area contributed by atoms with Gasteiger partial charge < -0.3 is 35.0 Å². The van der Waals surface area contributed by atoms with Gasteiger partial charge >= 0.3 is 5.97 Å². The van der Waals surface area contributed by atoms with Crippen LogP contribution in [-0.2, 0) is 9.47 Å². The molecule has 2 rings (SSSR count). The third-order valence-electron chi connectivity index (χ3n) is 3.17. The Morgan fingerprint density at radius 1 is 1.05 bits per heavy atom.